The molecule has 0 unspecified atom stereocenters. The van der Waals surface area contributed by atoms with E-state index >= 15 is 0 Å². The molecule has 0 aliphatic carbocycles. The first-order valence-electron chi connectivity index (χ1n) is 22.9. The highest BCUT2D eigenvalue weighted by molar-refractivity contribution is 7.26. The molecule has 4 nitrogen and oxygen atoms in total. The average Bonchev–Trinajstić information content (AvgIpc) is 3.96. The number of para-hydroxylation sites is 2. The standard InChI is InChI=1S/C63H40N4S/c1-6-19-41(20-7-1)46-35-47(42-21-8-2-9-22-42)37-48(36-46)45-33-34-50(56(38-45)63-65-61(43-23-10-3-11-24-43)64-62(66-63)44-25-12-4-13-26-44)52-30-18-31-53-55-39-54-51-29-16-17-32-57(51)67(49-27-14-5-15-28-49)58(54)40-59(55)68-60(52)53/h1-40H. The second kappa shape index (κ2) is 16.6. The Kier molecular flexibility index (Phi) is 9.66. The Hall–Kier alpha value is -8.77. The number of aromatic nitrogens is 4. The summed E-state index contributed by atoms with van der Waals surface area (Å²) in [6.45, 7) is 0. The van der Waals surface area contributed by atoms with Crippen molar-refractivity contribution in [2.24, 2.45) is 0 Å². The van der Waals surface area contributed by atoms with E-state index in [1.807, 2.05) is 47.7 Å². The third kappa shape index (κ3) is 6.96. The maximum atomic E-state index is 5.35. The first-order chi connectivity index (χ1) is 33.7. The molecule has 0 bridgehead atoms. The zero-order chi connectivity index (χ0) is 45.0. The van der Waals surface area contributed by atoms with Crippen molar-refractivity contribution < 1.29 is 0 Å². The van der Waals surface area contributed by atoms with Gasteiger partial charge < -0.3 is 4.57 Å². The minimum Gasteiger partial charge on any atom is -0.309 e. The first kappa shape index (κ1) is 39.6. The van der Waals surface area contributed by atoms with Gasteiger partial charge in [-0.2, -0.15) is 0 Å². The van der Waals surface area contributed by atoms with Crippen LogP contribution in [0, 0.1) is 0 Å². The quantitative estimate of drug-likeness (QED) is 0.153. The lowest BCUT2D eigenvalue weighted by molar-refractivity contribution is 1.07. The Bertz CT molecular complexity index is 3880. The molecular weight excluding hydrogens is 845 g/mol. The number of thiophene rings is 1. The summed E-state index contributed by atoms with van der Waals surface area (Å²) in [6.07, 6.45) is 0. The van der Waals surface area contributed by atoms with Gasteiger partial charge in [-0.3, -0.25) is 0 Å². The number of hydrogen-bond donors (Lipinski definition) is 0. The summed E-state index contributed by atoms with van der Waals surface area (Å²) in [5.41, 5.74) is 15.4. The molecule has 68 heavy (non-hydrogen) atoms. The summed E-state index contributed by atoms with van der Waals surface area (Å²) in [7, 11) is 0. The predicted molar refractivity (Wildman–Crippen MR) is 285 cm³/mol. The SMILES string of the molecule is c1ccc(-c2cc(-c3ccccc3)cc(-c3ccc(-c4cccc5c4sc4cc6c(cc45)c4ccccc4n6-c4ccccc4)c(-c4nc(-c5ccccc5)nc(-c5ccccc5)n4)c3)c2)cc1. The molecule has 0 aliphatic rings. The van der Waals surface area contributed by atoms with E-state index in [1.165, 1.54) is 53.1 Å². The van der Waals surface area contributed by atoms with E-state index in [0.29, 0.717) is 17.5 Å². The Morgan fingerprint density at radius 2 is 0.794 bits per heavy atom. The van der Waals surface area contributed by atoms with Crippen LogP contribution in [0.3, 0.4) is 0 Å². The van der Waals surface area contributed by atoms with Crippen LogP contribution in [0.25, 0.3) is 126 Å². The van der Waals surface area contributed by atoms with Crippen molar-refractivity contribution in [3.05, 3.63) is 243 Å². The summed E-state index contributed by atoms with van der Waals surface area (Å²) in [5.74, 6) is 1.87. The molecule has 0 fully saturated rings. The van der Waals surface area contributed by atoms with Crippen LogP contribution >= 0.6 is 11.3 Å². The topological polar surface area (TPSA) is 43.6 Å². The molecule has 0 radical (unpaired) electrons. The maximum Gasteiger partial charge on any atom is 0.164 e. The zero-order valence-corrected chi connectivity index (χ0v) is 37.6. The smallest absolute Gasteiger partial charge is 0.164 e. The zero-order valence-electron chi connectivity index (χ0n) is 36.8. The Morgan fingerprint density at radius 3 is 1.41 bits per heavy atom. The fourth-order valence-electron chi connectivity index (χ4n) is 9.79. The van der Waals surface area contributed by atoms with Gasteiger partial charge in [0.1, 0.15) is 0 Å². The highest BCUT2D eigenvalue weighted by Gasteiger charge is 2.22. The van der Waals surface area contributed by atoms with Crippen molar-refractivity contribution >= 4 is 53.3 Å². The van der Waals surface area contributed by atoms with Crippen molar-refractivity contribution in [1.82, 2.24) is 19.5 Å². The fraction of sp³-hybridized carbons (Fsp3) is 0. The molecule has 0 N–H and O–H groups in total. The summed E-state index contributed by atoms with van der Waals surface area (Å²) >= 11 is 1.85. The molecule has 0 atom stereocenters. The molecule has 0 spiro atoms. The molecule has 13 aromatic rings. The van der Waals surface area contributed by atoms with Crippen LogP contribution < -0.4 is 0 Å². The number of rotatable bonds is 8. The van der Waals surface area contributed by atoms with Gasteiger partial charge in [0.15, 0.2) is 17.5 Å². The highest BCUT2D eigenvalue weighted by Crippen LogP contribution is 2.46. The van der Waals surface area contributed by atoms with Gasteiger partial charge in [-0.05, 0) is 93.5 Å². The molecule has 0 aliphatic heterocycles. The summed E-state index contributed by atoms with van der Waals surface area (Å²) in [6, 6.07) is 86.5. The van der Waals surface area contributed by atoms with E-state index in [2.05, 4.69) is 211 Å². The number of fused-ring (bicyclic) bond motifs is 6. The van der Waals surface area contributed by atoms with E-state index in [4.69, 9.17) is 15.0 Å². The summed E-state index contributed by atoms with van der Waals surface area (Å²) < 4.78 is 4.86. The molecule has 3 heterocycles. The van der Waals surface area contributed by atoms with Gasteiger partial charge in [-0.25, -0.2) is 15.0 Å². The van der Waals surface area contributed by atoms with E-state index in [9.17, 15) is 0 Å². The molecular formula is C63H40N4S. The minimum atomic E-state index is 0.615. The van der Waals surface area contributed by atoms with Crippen LogP contribution in [0.2, 0.25) is 0 Å². The third-order valence-electron chi connectivity index (χ3n) is 13.0. The lowest BCUT2D eigenvalue weighted by Gasteiger charge is -2.16. The van der Waals surface area contributed by atoms with Crippen LogP contribution in [0.15, 0.2) is 243 Å². The minimum absolute atomic E-state index is 0.615. The summed E-state index contributed by atoms with van der Waals surface area (Å²) in [5, 5.41) is 4.96. The maximum absolute atomic E-state index is 5.35. The van der Waals surface area contributed by atoms with Gasteiger partial charge >= 0.3 is 0 Å². The average molecular weight is 885 g/mol. The molecule has 5 heteroatoms. The molecule has 3 aromatic heterocycles. The monoisotopic (exact) mass is 884 g/mol. The normalized spacial score (nSPS) is 11.5. The largest absolute Gasteiger partial charge is 0.309 e. The lowest BCUT2D eigenvalue weighted by atomic mass is 9.90. The van der Waals surface area contributed by atoms with Gasteiger partial charge in [0.2, 0.25) is 0 Å². The Balaban J connectivity index is 1.07. The van der Waals surface area contributed by atoms with E-state index in [1.54, 1.807) is 0 Å². The molecule has 0 saturated carbocycles. The van der Waals surface area contributed by atoms with Gasteiger partial charge in [0.25, 0.3) is 0 Å². The van der Waals surface area contributed by atoms with Crippen LogP contribution in [-0.4, -0.2) is 19.5 Å². The number of nitrogens with zero attached hydrogens (tertiary/aromatic N) is 4. The van der Waals surface area contributed by atoms with Crippen molar-refractivity contribution in [3.63, 3.8) is 0 Å². The van der Waals surface area contributed by atoms with Crippen molar-refractivity contribution in [2.45, 2.75) is 0 Å². The summed E-state index contributed by atoms with van der Waals surface area (Å²) in [4.78, 5) is 15.8. The molecule has 10 aromatic carbocycles. The van der Waals surface area contributed by atoms with Gasteiger partial charge in [-0.1, -0.05) is 188 Å². The van der Waals surface area contributed by atoms with E-state index in [-0.39, 0.29) is 0 Å². The van der Waals surface area contributed by atoms with Crippen molar-refractivity contribution in [2.75, 3.05) is 0 Å². The second-order valence-electron chi connectivity index (χ2n) is 17.2. The van der Waals surface area contributed by atoms with Crippen molar-refractivity contribution in [3.8, 4) is 84.4 Å². The second-order valence-corrected chi connectivity index (χ2v) is 18.2. The predicted octanol–water partition coefficient (Wildman–Crippen LogP) is 17.0. The Labute approximate surface area is 397 Å². The van der Waals surface area contributed by atoms with Crippen LogP contribution in [-0.2, 0) is 0 Å². The lowest BCUT2D eigenvalue weighted by Crippen LogP contribution is -2.01. The van der Waals surface area contributed by atoms with Crippen LogP contribution in [0.5, 0.6) is 0 Å². The molecule has 13 rings (SSSR count). The van der Waals surface area contributed by atoms with E-state index < -0.39 is 0 Å². The Morgan fingerprint density at radius 1 is 0.279 bits per heavy atom. The van der Waals surface area contributed by atoms with Gasteiger partial charge in [0, 0.05) is 58.9 Å². The third-order valence-corrected chi connectivity index (χ3v) is 14.2. The van der Waals surface area contributed by atoms with Gasteiger partial charge in [0.05, 0.1) is 11.0 Å². The van der Waals surface area contributed by atoms with Crippen molar-refractivity contribution in [1.29, 1.82) is 0 Å². The molecule has 0 saturated heterocycles. The number of hydrogen-bond acceptors (Lipinski definition) is 4. The van der Waals surface area contributed by atoms with Gasteiger partial charge in [-0.15, -0.1) is 11.3 Å². The van der Waals surface area contributed by atoms with Crippen LogP contribution in [0.4, 0.5) is 0 Å². The molecule has 318 valence electrons. The van der Waals surface area contributed by atoms with Crippen LogP contribution in [0.1, 0.15) is 0 Å². The first-order valence-corrected chi connectivity index (χ1v) is 23.7. The fourth-order valence-corrected chi connectivity index (χ4v) is 11.0. The molecule has 0 amide bonds. The number of benzene rings is 10. The van der Waals surface area contributed by atoms with E-state index in [0.717, 1.165) is 55.8 Å². The highest BCUT2D eigenvalue weighted by atomic mass is 32.1.